The predicted molar refractivity (Wildman–Crippen MR) is 69.6 cm³/mol. The van der Waals surface area contributed by atoms with E-state index in [2.05, 4.69) is 0 Å². The second kappa shape index (κ2) is 3.99. The summed E-state index contributed by atoms with van der Waals surface area (Å²) in [4.78, 5) is 1.02. The van der Waals surface area contributed by atoms with Crippen LogP contribution in [-0.2, 0) is 0 Å². The van der Waals surface area contributed by atoms with Crippen LogP contribution < -0.4 is 5.73 Å². The molecule has 2 saturated carbocycles. The lowest BCUT2D eigenvalue weighted by atomic mass is 9.51. The fourth-order valence-corrected chi connectivity index (χ4v) is 5.04. The zero-order chi connectivity index (χ0) is 11.9. The number of halogens is 1. The van der Waals surface area contributed by atoms with Gasteiger partial charge in [0.05, 0.1) is 0 Å². The third-order valence-electron chi connectivity index (χ3n) is 4.31. The van der Waals surface area contributed by atoms with Crippen LogP contribution in [0.4, 0.5) is 4.39 Å². The zero-order valence-electron chi connectivity index (χ0n) is 9.92. The summed E-state index contributed by atoms with van der Waals surface area (Å²) in [6.45, 7) is 0.704. The molecule has 3 rings (SSSR count). The van der Waals surface area contributed by atoms with E-state index in [9.17, 15) is 4.39 Å². The highest BCUT2D eigenvalue weighted by molar-refractivity contribution is 8.00. The highest BCUT2D eigenvalue weighted by Gasteiger charge is 2.56. The molecule has 2 N–H and O–H groups in total. The Bertz CT molecular complexity index is 420. The third-order valence-corrected chi connectivity index (χ3v) is 5.69. The smallest absolute Gasteiger partial charge is 0.124 e. The van der Waals surface area contributed by atoms with Crippen molar-refractivity contribution in [3.63, 3.8) is 0 Å². The van der Waals surface area contributed by atoms with Gasteiger partial charge in [-0.2, -0.15) is 0 Å². The summed E-state index contributed by atoms with van der Waals surface area (Å²) >= 11 is 1.78. The van der Waals surface area contributed by atoms with Gasteiger partial charge >= 0.3 is 0 Å². The minimum Gasteiger partial charge on any atom is -0.329 e. The normalized spacial score (nSPS) is 24.1. The molecule has 0 aromatic heterocycles. The molecule has 0 amide bonds. The molecule has 1 nitrogen and oxygen atoms in total. The first-order valence-electron chi connectivity index (χ1n) is 6.30. The molecule has 0 saturated heterocycles. The quantitative estimate of drug-likeness (QED) is 0.888. The summed E-state index contributed by atoms with van der Waals surface area (Å²) in [5.74, 6) is -0.153. The summed E-state index contributed by atoms with van der Waals surface area (Å²) in [6, 6.07) is 6.87. The van der Waals surface area contributed by atoms with Crippen molar-refractivity contribution in [2.75, 3.05) is 6.54 Å². The molecule has 0 bridgehead atoms. The van der Waals surface area contributed by atoms with Crippen molar-refractivity contribution in [1.82, 2.24) is 0 Å². The first-order chi connectivity index (χ1) is 8.15. The van der Waals surface area contributed by atoms with Crippen LogP contribution in [0.3, 0.4) is 0 Å². The molecular weight excluding hydrogens is 233 g/mol. The summed E-state index contributed by atoms with van der Waals surface area (Å²) in [5.41, 5.74) is 6.55. The third kappa shape index (κ3) is 2.00. The molecule has 0 heterocycles. The molecule has 17 heavy (non-hydrogen) atoms. The Balaban J connectivity index is 1.71. The van der Waals surface area contributed by atoms with Crippen molar-refractivity contribution >= 4 is 11.8 Å². The molecule has 1 spiro atoms. The molecule has 0 unspecified atom stereocenters. The van der Waals surface area contributed by atoms with E-state index in [1.807, 2.05) is 6.07 Å². The second-order valence-corrected chi connectivity index (χ2v) is 7.20. The van der Waals surface area contributed by atoms with Gasteiger partial charge in [-0.15, -0.1) is 11.8 Å². The van der Waals surface area contributed by atoms with E-state index >= 15 is 0 Å². The van der Waals surface area contributed by atoms with Gasteiger partial charge in [0.2, 0.25) is 0 Å². The summed E-state index contributed by atoms with van der Waals surface area (Å²) in [5, 5.41) is 0. The number of hydrogen-bond donors (Lipinski definition) is 1. The molecular formula is C14H18FNS. The summed E-state index contributed by atoms with van der Waals surface area (Å²) < 4.78 is 13.3. The summed E-state index contributed by atoms with van der Waals surface area (Å²) in [6.07, 6.45) is 6.57. The van der Waals surface area contributed by atoms with Gasteiger partial charge in [-0.3, -0.25) is 0 Å². The number of nitrogens with two attached hydrogens (primary N) is 1. The van der Waals surface area contributed by atoms with Crippen LogP contribution in [0.25, 0.3) is 0 Å². The van der Waals surface area contributed by atoms with Crippen LogP contribution in [0.15, 0.2) is 29.2 Å². The lowest BCUT2D eigenvalue weighted by Crippen LogP contribution is -2.56. The standard InChI is InChI=1S/C14H18FNS/c15-11-3-1-4-12(7-11)17-14(10-16)8-13(9-14)5-2-6-13/h1,3-4,7H,2,5-6,8-10,16H2. The predicted octanol–water partition coefficient (Wildman–Crippen LogP) is 3.58. The lowest BCUT2D eigenvalue weighted by molar-refractivity contribution is -0.00139. The Morgan fingerprint density at radius 3 is 2.59 bits per heavy atom. The average molecular weight is 251 g/mol. The maximum absolute atomic E-state index is 13.2. The van der Waals surface area contributed by atoms with Crippen LogP contribution in [0.2, 0.25) is 0 Å². The van der Waals surface area contributed by atoms with E-state index in [-0.39, 0.29) is 10.6 Å². The number of hydrogen-bond acceptors (Lipinski definition) is 2. The highest BCUT2D eigenvalue weighted by Crippen LogP contribution is 2.65. The number of benzene rings is 1. The van der Waals surface area contributed by atoms with Crippen molar-refractivity contribution in [1.29, 1.82) is 0 Å². The topological polar surface area (TPSA) is 26.0 Å². The van der Waals surface area contributed by atoms with E-state index in [0.717, 1.165) is 4.90 Å². The van der Waals surface area contributed by atoms with Crippen molar-refractivity contribution in [3.05, 3.63) is 30.1 Å². The van der Waals surface area contributed by atoms with Crippen LogP contribution in [0, 0.1) is 11.2 Å². The highest BCUT2D eigenvalue weighted by atomic mass is 32.2. The fraction of sp³-hybridized carbons (Fsp3) is 0.571. The monoisotopic (exact) mass is 251 g/mol. The van der Waals surface area contributed by atoms with Gasteiger partial charge in [-0.05, 0) is 49.3 Å². The first kappa shape index (κ1) is 11.5. The second-order valence-electron chi connectivity index (χ2n) is 5.65. The maximum atomic E-state index is 13.2. The van der Waals surface area contributed by atoms with E-state index in [1.54, 1.807) is 23.9 Å². The van der Waals surface area contributed by atoms with Crippen LogP contribution in [-0.4, -0.2) is 11.3 Å². The molecule has 3 heteroatoms. The Kier molecular flexibility index (Phi) is 2.71. The SMILES string of the molecule is NCC1(Sc2cccc(F)c2)CC2(CCC2)C1. The van der Waals surface area contributed by atoms with Crippen molar-refractivity contribution < 1.29 is 4.39 Å². The van der Waals surface area contributed by atoms with Crippen LogP contribution in [0.5, 0.6) is 0 Å². The van der Waals surface area contributed by atoms with E-state index in [4.69, 9.17) is 5.73 Å². The number of rotatable bonds is 3. The summed E-state index contributed by atoms with van der Waals surface area (Å²) in [7, 11) is 0. The van der Waals surface area contributed by atoms with Crippen molar-refractivity contribution in [2.24, 2.45) is 11.1 Å². The van der Waals surface area contributed by atoms with Gasteiger partial charge in [-0.25, -0.2) is 4.39 Å². The van der Waals surface area contributed by atoms with Gasteiger partial charge in [0, 0.05) is 16.2 Å². The molecule has 1 aromatic rings. The number of thioether (sulfide) groups is 1. The minimum absolute atomic E-state index is 0.153. The maximum Gasteiger partial charge on any atom is 0.124 e. The van der Waals surface area contributed by atoms with Gasteiger partial charge in [0.1, 0.15) is 5.82 Å². The van der Waals surface area contributed by atoms with E-state index in [0.29, 0.717) is 12.0 Å². The largest absolute Gasteiger partial charge is 0.329 e. The van der Waals surface area contributed by atoms with Crippen molar-refractivity contribution in [3.8, 4) is 0 Å². The Labute approximate surface area is 106 Å². The minimum atomic E-state index is -0.153. The molecule has 2 fully saturated rings. The lowest BCUT2D eigenvalue weighted by Gasteiger charge is -2.60. The molecule has 1 aromatic carbocycles. The molecule has 2 aliphatic rings. The molecule has 0 atom stereocenters. The van der Waals surface area contributed by atoms with Gasteiger partial charge in [0.15, 0.2) is 0 Å². The molecule has 0 radical (unpaired) electrons. The van der Waals surface area contributed by atoms with Crippen molar-refractivity contribution in [2.45, 2.75) is 41.7 Å². The van der Waals surface area contributed by atoms with Gasteiger partial charge in [-0.1, -0.05) is 12.5 Å². The van der Waals surface area contributed by atoms with Gasteiger partial charge < -0.3 is 5.73 Å². The Morgan fingerprint density at radius 1 is 1.29 bits per heavy atom. The van der Waals surface area contributed by atoms with Crippen LogP contribution in [0.1, 0.15) is 32.1 Å². The van der Waals surface area contributed by atoms with E-state index in [1.165, 1.54) is 38.2 Å². The molecule has 0 aliphatic heterocycles. The fourth-order valence-electron chi connectivity index (χ4n) is 3.38. The molecule has 92 valence electrons. The zero-order valence-corrected chi connectivity index (χ0v) is 10.7. The van der Waals surface area contributed by atoms with Gasteiger partial charge in [0.25, 0.3) is 0 Å². The average Bonchev–Trinajstić information content (AvgIpc) is 2.20. The van der Waals surface area contributed by atoms with E-state index < -0.39 is 0 Å². The van der Waals surface area contributed by atoms with Crippen LogP contribution >= 0.6 is 11.8 Å². The molecule has 2 aliphatic carbocycles. The Hall–Kier alpha value is -0.540. The Morgan fingerprint density at radius 2 is 2.06 bits per heavy atom. The first-order valence-corrected chi connectivity index (χ1v) is 7.12.